The molecule has 0 fully saturated rings. The van der Waals surface area contributed by atoms with Gasteiger partial charge in [0, 0.05) is 11.1 Å². The highest BCUT2D eigenvalue weighted by Crippen LogP contribution is 2.33. The minimum Gasteiger partial charge on any atom is -0.508 e. The Morgan fingerprint density at radius 2 is 1.69 bits per heavy atom. The van der Waals surface area contributed by atoms with E-state index in [1.165, 1.54) is 18.2 Å². The Balaban J connectivity index is 1.81. The van der Waals surface area contributed by atoms with Crippen LogP contribution in [-0.4, -0.2) is 18.0 Å². The maximum atomic E-state index is 12.4. The standard InChI is InChI=1S/C28H30O4/c1-19-6-13-24(28(2,3)4)27(16-19)32-18-22-17-20(8-15-26(22)31-5)7-14-25(30)21-9-11-23(29)12-10-21/h6-17,29H,18H2,1-5H3/b14-7+. The molecule has 0 aromatic heterocycles. The van der Waals surface area contributed by atoms with Gasteiger partial charge in [-0.3, -0.25) is 4.79 Å². The van der Waals surface area contributed by atoms with Gasteiger partial charge in [-0.2, -0.15) is 0 Å². The quantitative estimate of drug-likeness (QED) is 0.344. The average Bonchev–Trinajstić information content (AvgIpc) is 2.75. The second-order valence-electron chi connectivity index (χ2n) is 8.85. The number of methoxy groups -OCH3 is 1. The van der Waals surface area contributed by atoms with Crippen LogP contribution in [0.1, 0.15) is 53.4 Å². The first kappa shape index (κ1) is 23.1. The van der Waals surface area contributed by atoms with E-state index in [2.05, 4.69) is 45.9 Å². The largest absolute Gasteiger partial charge is 0.508 e. The van der Waals surface area contributed by atoms with Crippen molar-refractivity contribution in [3.05, 3.63) is 94.6 Å². The summed E-state index contributed by atoms with van der Waals surface area (Å²) in [6.07, 6.45) is 3.29. The molecule has 0 spiro atoms. The minimum atomic E-state index is -0.131. The van der Waals surface area contributed by atoms with Crippen LogP contribution in [0.2, 0.25) is 0 Å². The summed E-state index contributed by atoms with van der Waals surface area (Å²) in [4.78, 5) is 12.4. The van der Waals surface area contributed by atoms with Crippen LogP contribution in [0.3, 0.4) is 0 Å². The number of phenolic OH excluding ortho intramolecular Hbond substituents is 1. The number of phenols is 1. The highest BCUT2D eigenvalue weighted by atomic mass is 16.5. The van der Waals surface area contributed by atoms with Gasteiger partial charge in [-0.05, 0) is 77.6 Å². The van der Waals surface area contributed by atoms with Gasteiger partial charge in [-0.15, -0.1) is 0 Å². The Morgan fingerprint density at radius 3 is 2.34 bits per heavy atom. The lowest BCUT2D eigenvalue weighted by Crippen LogP contribution is -2.13. The second kappa shape index (κ2) is 9.73. The molecular weight excluding hydrogens is 400 g/mol. The summed E-state index contributed by atoms with van der Waals surface area (Å²) in [5, 5.41) is 9.38. The van der Waals surface area contributed by atoms with E-state index >= 15 is 0 Å². The van der Waals surface area contributed by atoms with Gasteiger partial charge in [-0.1, -0.05) is 45.0 Å². The number of rotatable bonds is 7. The lowest BCUT2D eigenvalue weighted by Gasteiger charge is -2.23. The number of carbonyl (C=O) groups excluding carboxylic acids is 1. The molecule has 32 heavy (non-hydrogen) atoms. The second-order valence-corrected chi connectivity index (χ2v) is 8.85. The van der Waals surface area contributed by atoms with Crippen molar-refractivity contribution in [1.29, 1.82) is 0 Å². The van der Waals surface area contributed by atoms with Crippen molar-refractivity contribution in [2.24, 2.45) is 0 Å². The van der Waals surface area contributed by atoms with Gasteiger partial charge in [0.1, 0.15) is 23.9 Å². The smallest absolute Gasteiger partial charge is 0.185 e. The van der Waals surface area contributed by atoms with Gasteiger partial charge < -0.3 is 14.6 Å². The molecule has 0 saturated heterocycles. The monoisotopic (exact) mass is 430 g/mol. The molecule has 4 nitrogen and oxygen atoms in total. The minimum absolute atomic E-state index is 0.0354. The van der Waals surface area contributed by atoms with Crippen molar-refractivity contribution in [1.82, 2.24) is 0 Å². The first-order valence-corrected chi connectivity index (χ1v) is 10.6. The molecule has 0 saturated carbocycles. The summed E-state index contributed by atoms with van der Waals surface area (Å²) < 4.78 is 11.8. The fourth-order valence-electron chi connectivity index (χ4n) is 3.43. The molecule has 0 unspecified atom stereocenters. The highest BCUT2D eigenvalue weighted by molar-refractivity contribution is 6.06. The van der Waals surface area contributed by atoms with Gasteiger partial charge in [0.2, 0.25) is 0 Å². The van der Waals surface area contributed by atoms with Crippen molar-refractivity contribution in [2.75, 3.05) is 7.11 Å². The fraction of sp³-hybridized carbons (Fsp3) is 0.250. The number of aryl methyl sites for hydroxylation is 1. The van der Waals surface area contributed by atoms with E-state index in [4.69, 9.17) is 9.47 Å². The zero-order valence-corrected chi connectivity index (χ0v) is 19.3. The molecule has 166 valence electrons. The van der Waals surface area contributed by atoms with E-state index in [-0.39, 0.29) is 16.9 Å². The maximum Gasteiger partial charge on any atom is 0.185 e. The SMILES string of the molecule is COc1ccc(/C=C/C(=O)c2ccc(O)cc2)cc1COc1cc(C)ccc1C(C)(C)C. The van der Waals surface area contributed by atoms with E-state index in [9.17, 15) is 9.90 Å². The zero-order valence-electron chi connectivity index (χ0n) is 19.3. The molecule has 3 aromatic carbocycles. The number of allylic oxidation sites excluding steroid dienone is 1. The molecule has 0 radical (unpaired) electrons. The number of carbonyl (C=O) groups is 1. The van der Waals surface area contributed by atoms with Crippen LogP contribution < -0.4 is 9.47 Å². The summed E-state index contributed by atoms with van der Waals surface area (Å²) in [7, 11) is 1.63. The number of ketones is 1. The number of aromatic hydroxyl groups is 1. The third-order valence-electron chi connectivity index (χ3n) is 5.21. The van der Waals surface area contributed by atoms with E-state index in [1.807, 2.05) is 18.2 Å². The van der Waals surface area contributed by atoms with Crippen molar-refractivity contribution >= 4 is 11.9 Å². The highest BCUT2D eigenvalue weighted by Gasteiger charge is 2.19. The Labute approximate surface area is 190 Å². The zero-order chi connectivity index (χ0) is 23.3. The molecule has 0 aliphatic heterocycles. The van der Waals surface area contributed by atoms with Crippen LogP contribution in [0.5, 0.6) is 17.2 Å². The number of benzene rings is 3. The van der Waals surface area contributed by atoms with Gasteiger partial charge in [0.15, 0.2) is 5.78 Å². The summed E-state index contributed by atoms with van der Waals surface area (Å²) in [6.45, 7) is 8.91. The van der Waals surface area contributed by atoms with Crippen molar-refractivity contribution in [2.45, 2.75) is 39.7 Å². The lowest BCUT2D eigenvalue weighted by molar-refractivity contribution is 0.104. The predicted octanol–water partition coefficient (Wildman–Crippen LogP) is 6.48. The summed E-state index contributed by atoms with van der Waals surface area (Å²) in [5.41, 5.74) is 4.55. The summed E-state index contributed by atoms with van der Waals surface area (Å²) >= 11 is 0. The topological polar surface area (TPSA) is 55.8 Å². The van der Waals surface area contributed by atoms with Gasteiger partial charge in [0.05, 0.1) is 7.11 Å². The van der Waals surface area contributed by atoms with Crippen LogP contribution in [0.4, 0.5) is 0 Å². The van der Waals surface area contributed by atoms with Crippen molar-refractivity contribution < 1.29 is 19.4 Å². The van der Waals surface area contributed by atoms with Crippen LogP contribution in [-0.2, 0) is 12.0 Å². The van der Waals surface area contributed by atoms with E-state index in [1.54, 1.807) is 25.3 Å². The van der Waals surface area contributed by atoms with Crippen LogP contribution in [0, 0.1) is 6.92 Å². The number of hydrogen-bond donors (Lipinski definition) is 1. The van der Waals surface area contributed by atoms with E-state index < -0.39 is 0 Å². The van der Waals surface area contributed by atoms with Crippen molar-refractivity contribution in [3.63, 3.8) is 0 Å². The summed E-state index contributed by atoms with van der Waals surface area (Å²) in [5.74, 6) is 1.60. The Hall–Kier alpha value is -3.53. The van der Waals surface area contributed by atoms with Gasteiger partial charge >= 0.3 is 0 Å². The first-order valence-electron chi connectivity index (χ1n) is 10.6. The molecule has 0 aliphatic carbocycles. The van der Waals surface area contributed by atoms with Crippen LogP contribution in [0.15, 0.2) is 66.7 Å². The maximum absolute atomic E-state index is 12.4. The van der Waals surface area contributed by atoms with Crippen molar-refractivity contribution in [3.8, 4) is 17.2 Å². The number of hydrogen-bond acceptors (Lipinski definition) is 4. The molecule has 0 aliphatic rings. The Bertz CT molecular complexity index is 1120. The first-order chi connectivity index (χ1) is 15.2. The van der Waals surface area contributed by atoms with Gasteiger partial charge in [0.25, 0.3) is 0 Å². The fourth-order valence-corrected chi connectivity index (χ4v) is 3.43. The van der Waals surface area contributed by atoms with Crippen LogP contribution in [0.25, 0.3) is 6.08 Å². The van der Waals surface area contributed by atoms with E-state index in [0.29, 0.717) is 12.2 Å². The Morgan fingerprint density at radius 1 is 0.969 bits per heavy atom. The predicted molar refractivity (Wildman–Crippen MR) is 129 cm³/mol. The lowest BCUT2D eigenvalue weighted by atomic mass is 9.86. The average molecular weight is 431 g/mol. The van der Waals surface area contributed by atoms with Gasteiger partial charge in [-0.25, -0.2) is 0 Å². The molecule has 3 rings (SSSR count). The molecule has 0 heterocycles. The third kappa shape index (κ3) is 5.79. The molecule has 4 heteroatoms. The van der Waals surface area contributed by atoms with Crippen LogP contribution >= 0.6 is 0 Å². The molecule has 0 amide bonds. The molecule has 1 N–H and O–H groups in total. The molecule has 0 atom stereocenters. The molecule has 3 aromatic rings. The molecule has 0 bridgehead atoms. The summed E-state index contributed by atoms with van der Waals surface area (Å²) in [6, 6.07) is 18.2. The normalized spacial score (nSPS) is 11.5. The number of ether oxygens (including phenoxy) is 2. The third-order valence-corrected chi connectivity index (χ3v) is 5.21. The Kier molecular flexibility index (Phi) is 7.04. The van der Waals surface area contributed by atoms with E-state index in [0.717, 1.165) is 33.8 Å². The molecular formula is C28H30O4.